The van der Waals surface area contributed by atoms with Crippen LogP contribution in [-0.4, -0.2) is 36.7 Å². The quantitative estimate of drug-likeness (QED) is 0.611. The minimum Gasteiger partial charge on any atom is -0.480 e. The molecule has 1 heterocycles. The summed E-state index contributed by atoms with van der Waals surface area (Å²) in [4.78, 5) is 20.6. The maximum atomic E-state index is 11.3. The molecule has 0 amide bonds. The number of nitrogens with one attached hydrogen (secondary N) is 1. The van der Waals surface area contributed by atoms with Crippen LogP contribution in [0, 0.1) is 10.1 Å². The Bertz CT molecular complexity index is 591. The maximum absolute atomic E-state index is 11.3. The Morgan fingerprint density at radius 3 is 2.56 bits per heavy atom. The normalized spacial score (nSPS) is 13.0. The van der Waals surface area contributed by atoms with Crippen LogP contribution in [0.4, 0.5) is 10.7 Å². The van der Waals surface area contributed by atoms with Gasteiger partial charge in [0.2, 0.25) is 0 Å². The molecule has 0 aliphatic carbocycles. The highest BCUT2D eigenvalue weighted by atomic mass is 32.2. The number of carboxylic acid groups (broad SMARTS) is 1. The first-order chi connectivity index (χ1) is 8.12. The topological polar surface area (TPSA) is 127 Å². The molecule has 2 N–H and O–H groups in total. The van der Waals surface area contributed by atoms with Crippen molar-refractivity contribution in [2.45, 2.75) is 17.2 Å². The number of thiophene rings is 1. The van der Waals surface area contributed by atoms with Crippen LogP contribution >= 0.6 is 11.3 Å². The first-order valence-electron chi connectivity index (χ1n) is 4.60. The Morgan fingerprint density at radius 1 is 1.61 bits per heavy atom. The molecule has 1 atom stereocenters. The molecule has 0 saturated carbocycles. The van der Waals surface area contributed by atoms with E-state index in [9.17, 15) is 23.3 Å². The van der Waals surface area contributed by atoms with Crippen LogP contribution in [-0.2, 0) is 14.6 Å². The third-order valence-electron chi connectivity index (χ3n) is 1.97. The molecule has 10 heteroatoms. The Labute approximate surface area is 106 Å². The highest BCUT2D eigenvalue weighted by Crippen LogP contribution is 2.37. The number of carboxylic acids is 1. The van der Waals surface area contributed by atoms with E-state index in [4.69, 9.17) is 5.11 Å². The van der Waals surface area contributed by atoms with Crippen LogP contribution in [0.3, 0.4) is 0 Å². The van der Waals surface area contributed by atoms with Gasteiger partial charge < -0.3 is 10.4 Å². The molecule has 1 aromatic rings. The van der Waals surface area contributed by atoms with E-state index in [1.165, 1.54) is 6.92 Å². The predicted octanol–water partition coefficient (Wildman–Crippen LogP) is 0.945. The fourth-order valence-corrected chi connectivity index (χ4v) is 3.07. The summed E-state index contributed by atoms with van der Waals surface area (Å²) in [5, 5.41) is 21.7. The number of nitro groups is 1. The van der Waals surface area contributed by atoms with Gasteiger partial charge in [0.15, 0.2) is 14.8 Å². The van der Waals surface area contributed by atoms with E-state index in [2.05, 4.69) is 5.32 Å². The van der Waals surface area contributed by atoms with E-state index in [0.717, 1.165) is 12.3 Å². The summed E-state index contributed by atoms with van der Waals surface area (Å²) in [6.45, 7) is 1.30. The average Bonchev–Trinajstić information content (AvgIpc) is 2.60. The van der Waals surface area contributed by atoms with E-state index in [1.54, 1.807) is 0 Å². The lowest BCUT2D eigenvalue weighted by molar-refractivity contribution is -0.383. The summed E-state index contributed by atoms with van der Waals surface area (Å²) in [5.41, 5.74) is -0.450. The van der Waals surface area contributed by atoms with Crippen molar-refractivity contribution in [1.29, 1.82) is 0 Å². The fraction of sp³-hybridized carbons (Fsp3) is 0.375. The molecular formula is C8H10N2O6S2. The molecule has 0 radical (unpaired) electrons. The molecule has 0 saturated heterocycles. The lowest BCUT2D eigenvalue weighted by atomic mass is 10.3. The maximum Gasteiger partial charge on any atom is 0.325 e. The van der Waals surface area contributed by atoms with Crippen LogP contribution in [0.5, 0.6) is 0 Å². The zero-order chi connectivity index (χ0) is 14.1. The molecule has 1 aromatic heterocycles. The highest BCUT2D eigenvalue weighted by molar-refractivity contribution is 7.92. The van der Waals surface area contributed by atoms with Crippen molar-refractivity contribution in [3.05, 3.63) is 16.2 Å². The van der Waals surface area contributed by atoms with Crippen LogP contribution in [0.1, 0.15) is 6.92 Å². The Morgan fingerprint density at radius 2 is 2.17 bits per heavy atom. The lowest BCUT2D eigenvalue weighted by Gasteiger charge is -2.07. The number of hydrogen-bond acceptors (Lipinski definition) is 7. The van der Waals surface area contributed by atoms with E-state index in [1.807, 2.05) is 0 Å². The van der Waals surface area contributed by atoms with Gasteiger partial charge in [-0.2, -0.15) is 0 Å². The molecule has 0 spiro atoms. The second-order valence-electron chi connectivity index (χ2n) is 3.51. The third-order valence-corrected chi connectivity index (χ3v) is 4.83. The van der Waals surface area contributed by atoms with Gasteiger partial charge in [-0.3, -0.25) is 14.9 Å². The van der Waals surface area contributed by atoms with Crippen molar-refractivity contribution in [1.82, 2.24) is 0 Å². The minimum atomic E-state index is -3.57. The highest BCUT2D eigenvalue weighted by Gasteiger charge is 2.25. The molecule has 0 unspecified atom stereocenters. The van der Waals surface area contributed by atoms with Gasteiger partial charge in [0, 0.05) is 12.3 Å². The van der Waals surface area contributed by atoms with Crippen LogP contribution < -0.4 is 5.32 Å². The molecule has 0 fully saturated rings. The molecule has 0 aliphatic rings. The number of aliphatic carboxylic acids is 1. The molecule has 100 valence electrons. The van der Waals surface area contributed by atoms with E-state index in [-0.39, 0.29) is 9.21 Å². The number of nitrogens with zero attached hydrogens (tertiary/aromatic N) is 1. The Balaban J connectivity index is 3.22. The van der Waals surface area contributed by atoms with E-state index < -0.39 is 32.5 Å². The number of rotatable bonds is 5. The molecule has 8 nitrogen and oxygen atoms in total. The standard InChI is InChI=1S/C8H10N2O6S2/c1-4(8(11)12)9-7-5(10(13)14)3-6(17-7)18(2,15)16/h3-4,9H,1-2H3,(H,11,12)/t4-/m0/s1. The van der Waals surface area contributed by atoms with Gasteiger partial charge in [-0.05, 0) is 6.92 Å². The summed E-state index contributed by atoms with van der Waals surface area (Å²) in [5.74, 6) is -1.20. The summed E-state index contributed by atoms with van der Waals surface area (Å²) in [7, 11) is -3.57. The summed E-state index contributed by atoms with van der Waals surface area (Å²) >= 11 is 0.636. The minimum absolute atomic E-state index is 0.0877. The van der Waals surface area contributed by atoms with E-state index >= 15 is 0 Å². The van der Waals surface area contributed by atoms with Gasteiger partial charge in [0.1, 0.15) is 10.3 Å². The van der Waals surface area contributed by atoms with Gasteiger partial charge in [-0.15, -0.1) is 0 Å². The molecule has 0 aliphatic heterocycles. The van der Waals surface area contributed by atoms with Gasteiger partial charge in [-0.25, -0.2) is 8.42 Å². The summed E-state index contributed by atoms with van der Waals surface area (Å²) < 4.78 is 22.4. The van der Waals surface area contributed by atoms with E-state index in [0.29, 0.717) is 11.3 Å². The second-order valence-corrected chi connectivity index (χ2v) is 6.81. The van der Waals surface area contributed by atoms with Gasteiger partial charge in [-0.1, -0.05) is 11.3 Å². The van der Waals surface area contributed by atoms with Crippen LogP contribution in [0.15, 0.2) is 10.3 Å². The first-order valence-corrected chi connectivity index (χ1v) is 7.31. The summed E-state index contributed by atoms with van der Waals surface area (Å²) in [6, 6.07) is -0.147. The van der Waals surface area contributed by atoms with Crippen molar-refractivity contribution in [3.8, 4) is 0 Å². The van der Waals surface area contributed by atoms with Gasteiger partial charge >= 0.3 is 11.7 Å². The average molecular weight is 294 g/mol. The van der Waals surface area contributed by atoms with Crippen molar-refractivity contribution in [2.75, 3.05) is 11.6 Å². The molecule has 18 heavy (non-hydrogen) atoms. The molecule has 0 bridgehead atoms. The van der Waals surface area contributed by atoms with Crippen molar-refractivity contribution in [3.63, 3.8) is 0 Å². The van der Waals surface area contributed by atoms with Crippen molar-refractivity contribution in [2.24, 2.45) is 0 Å². The molecule has 1 rings (SSSR count). The number of sulfone groups is 1. The first kappa shape index (κ1) is 14.4. The lowest BCUT2D eigenvalue weighted by Crippen LogP contribution is -2.25. The van der Waals surface area contributed by atoms with Crippen molar-refractivity contribution < 1.29 is 23.2 Å². The molecule has 0 aromatic carbocycles. The van der Waals surface area contributed by atoms with Gasteiger partial charge in [0.05, 0.1) is 4.92 Å². The zero-order valence-corrected chi connectivity index (χ0v) is 11.0. The second kappa shape index (κ2) is 4.90. The van der Waals surface area contributed by atoms with Gasteiger partial charge in [0.25, 0.3) is 0 Å². The SMILES string of the molecule is C[C@H](Nc1sc(S(C)(=O)=O)cc1[N+](=O)[O-])C(=O)O. The number of carbonyl (C=O) groups is 1. The van der Waals surface area contributed by atoms with Crippen molar-refractivity contribution >= 4 is 37.8 Å². The summed E-state index contributed by atoms with van der Waals surface area (Å²) in [6.07, 6.45) is 0.924. The monoisotopic (exact) mass is 294 g/mol. The Kier molecular flexibility index (Phi) is 3.92. The predicted molar refractivity (Wildman–Crippen MR) is 64.8 cm³/mol. The zero-order valence-electron chi connectivity index (χ0n) is 9.41. The Hall–Kier alpha value is -1.68. The smallest absolute Gasteiger partial charge is 0.325 e. The number of hydrogen-bond donors (Lipinski definition) is 2. The molecular weight excluding hydrogens is 284 g/mol. The largest absolute Gasteiger partial charge is 0.480 e. The van der Waals surface area contributed by atoms with Crippen LogP contribution in [0.25, 0.3) is 0 Å². The van der Waals surface area contributed by atoms with Crippen LogP contribution in [0.2, 0.25) is 0 Å². The number of anilines is 1. The third kappa shape index (κ3) is 3.17. The fourth-order valence-electron chi connectivity index (χ4n) is 1.04.